The van der Waals surface area contributed by atoms with Gasteiger partial charge in [-0.05, 0) is 47.0 Å². The fourth-order valence-electron chi connectivity index (χ4n) is 3.53. The van der Waals surface area contributed by atoms with Crippen LogP contribution in [-0.4, -0.2) is 55.9 Å². The third-order valence-corrected chi connectivity index (χ3v) is 5.83. The minimum Gasteiger partial charge on any atom is -0.351 e. The van der Waals surface area contributed by atoms with E-state index < -0.39 is 0 Å². The number of nitrogens with zero attached hydrogens (tertiary/aromatic N) is 5. The van der Waals surface area contributed by atoms with Gasteiger partial charge in [-0.25, -0.2) is 0 Å². The van der Waals surface area contributed by atoms with Crippen LogP contribution in [0.3, 0.4) is 0 Å². The summed E-state index contributed by atoms with van der Waals surface area (Å²) in [5.41, 5.74) is 3.33. The molecule has 0 saturated carbocycles. The summed E-state index contributed by atoms with van der Waals surface area (Å²) in [6, 6.07) is 18.6. The monoisotopic (exact) mass is 408 g/mol. The van der Waals surface area contributed by atoms with Gasteiger partial charge in [0.05, 0.1) is 11.4 Å². The van der Waals surface area contributed by atoms with Crippen LogP contribution in [0.2, 0.25) is 0 Å². The molecule has 8 heteroatoms. The molecule has 1 aliphatic rings. The average Bonchev–Trinajstić information content (AvgIpc) is 3.36. The fraction of sp³-hybridized carbons (Fsp3) is 0.333. The third-order valence-electron chi connectivity index (χ3n) is 4.91. The van der Waals surface area contributed by atoms with Gasteiger partial charge in [0.1, 0.15) is 0 Å². The van der Waals surface area contributed by atoms with Crippen LogP contribution >= 0.6 is 11.8 Å². The van der Waals surface area contributed by atoms with Crippen LogP contribution in [-0.2, 0) is 11.3 Å². The smallest absolute Gasteiger partial charge is 0.230 e. The van der Waals surface area contributed by atoms with E-state index in [1.165, 1.54) is 17.3 Å². The number of carbonyl (C=O) groups is 1. The van der Waals surface area contributed by atoms with Gasteiger partial charge in [0, 0.05) is 25.7 Å². The Labute approximate surface area is 174 Å². The maximum absolute atomic E-state index is 12.4. The summed E-state index contributed by atoms with van der Waals surface area (Å²) in [4.78, 5) is 14.8. The molecule has 0 radical (unpaired) electrons. The topological polar surface area (TPSA) is 75.9 Å². The number of rotatable bonds is 7. The number of hydrogen-bond donors (Lipinski definition) is 1. The van der Waals surface area contributed by atoms with Gasteiger partial charge < -0.3 is 5.32 Å². The summed E-state index contributed by atoms with van der Waals surface area (Å²) in [5, 5.41) is 15.6. The Morgan fingerprint density at radius 3 is 2.90 bits per heavy atom. The molecule has 1 amide bonds. The molecule has 2 heterocycles. The van der Waals surface area contributed by atoms with Crippen molar-refractivity contribution < 1.29 is 4.79 Å². The van der Waals surface area contributed by atoms with Crippen LogP contribution in [0.5, 0.6) is 0 Å². The van der Waals surface area contributed by atoms with Crippen LogP contribution < -0.4 is 5.32 Å². The van der Waals surface area contributed by atoms with Gasteiger partial charge >= 0.3 is 0 Å². The number of aromatic nitrogens is 4. The minimum absolute atomic E-state index is 0.0142. The van der Waals surface area contributed by atoms with Crippen molar-refractivity contribution >= 4 is 17.7 Å². The van der Waals surface area contributed by atoms with Crippen molar-refractivity contribution in [3.05, 3.63) is 65.7 Å². The van der Waals surface area contributed by atoms with E-state index in [0.29, 0.717) is 10.9 Å². The summed E-state index contributed by atoms with van der Waals surface area (Å²) in [6.07, 6.45) is 0.976. The Kier molecular flexibility index (Phi) is 6.21. The highest BCUT2D eigenvalue weighted by molar-refractivity contribution is 7.99. The molecule has 1 N–H and O–H groups in total. The summed E-state index contributed by atoms with van der Waals surface area (Å²) in [5.74, 6) is 0.307. The van der Waals surface area contributed by atoms with Crippen LogP contribution in [0.4, 0.5) is 0 Å². The second-order valence-corrected chi connectivity index (χ2v) is 8.22. The number of tetrazole rings is 1. The van der Waals surface area contributed by atoms with Crippen molar-refractivity contribution in [2.75, 3.05) is 18.8 Å². The van der Waals surface area contributed by atoms with Gasteiger partial charge in [-0.1, -0.05) is 54.2 Å². The Morgan fingerprint density at radius 2 is 2.07 bits per heavy atom. The highest BCUT2D eigenvalue weighted by atomic mass is 32.2. The summed E-state index contributed by atoms with van der Waals surface area (Å²) >= 11 is 1.35. The Hall–Kier alpha value is -2.71. The Morgan fingerprint density at radius 1 is 1.21 bits per heavy atom. The molecular formula is C21H24N6OS. The largest absolute Gasteiger partial charge is 0.351 e. The summed E-state index contributed by atoms with van der Waals surface area (Å²) < 4.78 is 1.67. The zero-order valence-corrected chi connectivity index (χ0v) is 17.2. The molecule has 1 aromatic heterocycles. The Bertz CT molecular complexity index is 961. The lowest BCUT2D eigenvalue weighted by atomic mass is 10.2. The highest BCUT2D eigenvalue weighted by Gasteiger charge is 2.24. The molecular weight excluding hydrogens is 384 g/mol. The van der Waals surface area contributed by atoms with Crippen molar-refractivity contribution in [2.24, 2.45) is 0 Å². The van der Waals surface area contributed by atoms with Crippen molar-refractivity contribution in [3.8, 4) is 5.69 Å². The number of thioether (sulfide) groups is 1. The summed E-state index contributed by atoms with van der Waals surface area (Å²) in [7, 11) is 0. The van der Waals surface area contributed by atoms with Gasteiger partial charge in [0.2, 0.25) is 11.1 Å². The van der Waals surface area contributed by atoms with E-state index in [0.717, 1.165) is 37.3 Å². The second kappa shape index (κ2) is 9.19. The van der Waals surface area contributed by atoms with Crippen molar-refractivity contribution in [3.63, 3.8) is 0 Å². The van der Waals surface area contributed by atoms with Gasteiger partial charge in [0.25, 0.3) is 0 Å². The van der Waals surface area contributed by atoms with E-state index in [1.807, 2.05) is 37.3 Å². The number of carbonyl (C=O) groups excluding carboxylic acids is 1. The molecule has 2 aromatic carbocycles. The van der Waals surface area contributed by atoms with Gasteiger partial charge in [-0.15, -0.1) is 5.10 Å². The fourth-order valence-corrected chi connectivity index (χ4v) is 4.23. The van der Waals surface area contributed by atoms with E-state index in [2.05, 4.69) is 50.0 Å². The van der Waals surface area contributed by atoms with Crippen molar-refractivity contribution in [1.29, 1.82) is 0 Å². The van der Waals surface area contributed by atoms with Gasteiger partial charge in [-0.3, -0.25) is 9.69 Å². The quantitative estimate of drug-likeness (QED) is 0.605. The van der Waals surface area contributed by atoms with E-state index in [4.69, 9.17) is 0 Å². The maximum atomic E-state index is 12.4. The Balaban J connectivity index is 1.27. The lowest BCUT2D eigenvalue weighted by Gasteiger charge is -2.16. The van der Waals surface area contributed by atoms with Gasteiger partial charge in [-0.2, -0.15) is 4.68 Å². The molecule has 1 aliphatic heterocycles. The molecule has 1 atom stereocenters. The van der Waals surface area contributed by atoms with Crippen molar-refractivity contribution in [1.82, 2.24) is 30.4 Å². The third kappa shape index (κ3) is 5.21. The first kappa shape index (κ1) is 19.6. The molecule has 1 saturated heterocycles. The van der Waals surface area contributed by atoms with Crippen LogP contribution in [0.15, 0.2) is 59.8 Å². The van der Waals surface area contributed by atoms with Gasteiger partial charge in [0.15, 0.2) is 0 Å². The summed E-state index contributed by atoms with van der Waals surface area (Å²) in [6.45, 7) is 4.83. The van der Waals surface area contributed by atoms with E-state index in [-0.39, 0.29) is 11.9 Å². The molecule has 29 heavy (non-hydrogen) atoms. The first-order chi connectivity index (χ1) is 14.2. The molecule has 4 rings (SSSR count). The molecule has 0 spiro atoms. The number of aryl methyl sites for hydroxylation is 1. The zero-order valence-electron chi connectivity index (χ0n) is 16.4. The molecule has 1 unspecified atom stereocenters. The van der Waals surface area contributed by atoms with E-state index in [9.17, 15) is 4.79 Å². The number of nitrogens with one attached hydrogen (secondary N) is 1. The molecule has 3 aromatic rings. The predicted octanol–water partition coefficient (Wildman–Crippen LogP) is 2.45. The normalized spacial score (nSPS) is 16.8. The number of amides is 1. The predicted molar refractivity (Wildman–Crippen MR) is 113 cm³/mol. The standard InChI is InChI=1S/C21H24N6OS/c1-16-6-5-9-19(12-16)27-21(23-24-25-27)29-15-20(28)22-18-10-11-26(14-18)13-17-7-3-2-4-8-17/h2-9,12,18H,10-11,13-15H2,1H3,(H,22,28). The zero-order chi connectivity index (χ0) is 20.1. The van der Waals surface area contributed by atoms with Crippen LogP contribution in [0, 0.1) is 6.92 Å². The minimum atomic E-state index is 0.0142. The lowest BCUT2D eigenvalue weighted by Crippen LogP contribution is -2.38. The molecule has 7 nitrogen and oxygen atoms in total. The SMILES string of the molecule is Cc1cccc(-n2nnnc2SCC(=O)NC2CCN(Cc3ccccc3)C2)c1. The second-order valence-electron chi connectivity index (χ2n) is 7.27. The number of benzene rings is 2. The average molecular weight is 409 g/mol. The first-order valence-corrected chi connectivity index (χ1v) is 10.7. The molecule has 0 bridgehead atoms. The number of hydrogen-bond acceptors (Lipinski definition) is 6. The van der Waals surface area contributed by atoms with Crippen LogP contribution in [0.1, 0.15) is 17.5 Å². The van der Waals surface area contributed by atoms with E-state index >= 15 is 0 Å². The molecule has 0 aliphatic carbocycles. The lowest BCUT2D eigenvalue weighted by molar-refractivity contribution is -0.119. The maximum Gasteiger partial charge on any atom is 0.230 e. The van der Waals surface area contributed by atoms with E-state index in [1.54, 1.807) is 4.68 Å². The van der Waals surface area contributed by atoms with Crippen LogP contribution in [0.25, 0.3) is 5.69 Å². The first-order valence-electron chi connectivity index (χ1n) is 9.71. The molecule has 150 valence electrons. The number of likely N-dealkylation sites (tertiary alicyclic amines) is 1. The molecule has 1 fully saturated rings. The van der Waals surface area contributed by atoms with Crippen molar-refractivity contribution in [2.45, 2.75) is 31.1 Å². The highest BCUT2D eigenvalue weighted by Crippen LogP contribution is 2.19.